The van der Waals surface area contributed by atoms with Crippen molar-refractivity contribution in [3.63, 3.8) is 0 Å². The summed E-state index contributed by atoms with van der Waals surface area (Å²) in [5.41, 5.74) is 2.88. The van der Waals surface area contributed by atoms with Gasteiger partial charge in [0.15, 0.2) is 5.76 Å². The van der Waals surface area contributed by atoms with Gasteiger partial charge in [0, 0.05) is 17.7 Å². The fourth-order valence-corrected chi connectivity index (χ4v) is 3.17. The Morgan fingerprint density at radius 1 is 1.00 bits per heavy atom. The summed E-state index contributed by atoms with van der Waals surface area (Å²) >= 11 is 0. The molecule has 0 aliphatic carbocycles. The summed E-state index contributed by atoms with van der Waals surface area (Å²) in [5.74, 6) is -0.100. The number of non-ortho nitro benzene ring substituents is 1. The molecular weight excluding hydrogens is 398 g/mol. The van der Waals surface area contributed by atoms with E-state index in [4.69, 9.17) is 9.47 Å². The average molecular weight is 415 g/mol. The topological polar surface area (TPSA) is 95.7 Å². The minimum Gasteiger partial charge on any atom is -0.452 e. The molecule has 0 unspecified atom stereocenters. The lowest BCUT2D eigenvalue weighted by atomic mass is 10.1. The largest absolute Gasteiger partial charge is 0.452 e. The summed E-state index contributed by atoms with van der Waals surface area (Å²) in [6.45, 7) is 3.63. The third-order valence-corrected chi connectivity index (χ3v) is 4.93. The van der Waals surface area contributed by atoms with E-state index in [1.165, 1.54) is 30.3 Å². The van der Waals surface area contributed by atoms with Crippen LogP contribution in [0.3, 0.4) is 0 Å². The second-order valence-corrected chi connectivity index (χ2v) is 7.11. The number of hydrogen-bond acceptors (Lipinski definition) is 6. The molecule has 3 aromatic carbocycles. The van der Waals surface area contributed by atoms with E-state index in [0.717, 1.165) is 5.56 Å². The minimum atomic E-state index is -0.506. The highest BCUT2D eigenvalue weighted by Gasteiger charge is 2.30. The number of nitro benzene ring substituents is 1. The van der Waals surface area contributed by atoms with Crippen LogP contribution in [-0.2, 0) is 0 Å². The number of carbonyl (C=O) groups is 2. The van der Waals surface area contributed by atoms with E-state index in [9.17, 15) is 19.7 Å². The highest BCUT2D eigenvalue weighted by Crippen LogP contribution is 2.39. The fourth-order valence-electron chi connectivity index (χ4n) is 3.17. The number of esters is 1. The maximum Gasteiger partial charge on any atom is 0.343 e. The molecule has 154 valence electrons. The quantitative estimate of drug-likeness (QED) is 0.195. The molecule has 1 aliphatic heterocycles. The van der Waals surface area contributed by atoms with Crippen LogP contribution in [0.5, 0.6) is 11.5 Å². The van der Waals surface area contributed by atoms with E-state index in [1.807, 2.05) is 19.1 Å². The van der Waals surface area contributed by atoms with Crippen molar-refractivity contribution in [2.45, 2.75) is 13.8 Å². The van der Waals surface area contributed by atoms with Crippen molar-refractivity contribution < 1.29 is 24.0 Å². The summed E-state index contributed by atoms with van der Waals surface area (Å²) in [7, 11) is 0. The number of ether oxygens (including phenoxy) is 2. The minimum absolute atomic E-state index is 0.0417. The van der Waals surface area contributed by atoms with Crippen molar-refractivity contribution in [3.8, 4) is 11.5 Å². The first-order chi connectivity index (χ1) is 14.8. The summed E-state index contributed by atoms with van der Waals surface area (Å²) in [6, 6.07) is 15.9. The van der Waals surface area contributed by atoms with Gasteiger partial charge < -0.3 is 9.47 Å². The van der Waals surface area contributed by atoms with Crippen molar-refractivity contribution in [2.75, 3.05) is 0 Å². The standard InChI is InChI=1S/C24H17NO6/c1-14-3-7-17(8-4-14)24(27)31-20-12-11-19-22(26)21(30-23(19)15(20)2)13-16-5-9-18(10-6-16)25(28)29/h3-13H,1-2H3/b21-13-. The number of benzene rings is 3. The van der Waals surface area contributed by atoms with Gasteiger partial charge in [-0.1, -0.05) is 17.7 Å². The van der Waals surface area contributed by atoms with Gasteiger partial charge in [-0.05, 0) is 61.9 Å². The van der Waals surface area contributed by atoms with Crippen LogP contribution in [0, 0.1) is 24.0 Å². The predicted molar refractivity (Wildman–Crippen MR) is 113 cm³/mol. The summed E-state index contributed by atoms with van der Waals surface area (Å²) in [6.07, 6.45) is 1.52. The van der Waals surface area contributed by atoms with Gasteiger partial charge in [-0.2, -0.15) is 0 Å². The lowest BCUT2D eigenvalue weighted by Crippen LogP contribution is -2.09. The van der Waals surface area contributed by atoms with Crippen molar-refractivity contribution in [1.82, 2.24) is 0 Å². The van der Waals surface area contributed by atoms with E-state index in [-0.39, 0.29) is 17.2 Å². The Hall–Kier alpha value is -4.26. The molecule has 7 nitrogen and oxygen atoms in total. The molecule has 0 N–H and O–H groups in total. The maximum atomic E-state index is 12.7. The zero-order valence-corrected chi connectivity index (χ0v) is 16.7. The Morgan fingerprint density at radius 2 is 1.68 bits per heavy atom. The molecule has 0 bridgehead atoms. The van der Waals surface area contributed by atoms with E-state index >= 15 is 0 Å². The van der Waals surface area contributed by atoms with E-state index in [2.05, 4.69) is 0 Å². The molecule has 1 heterocycles. The third-order valence-electron chi connectivity index (χ3n) is 4.93. The highest BCUT2D eigenvalue weighted by molar-refractivity contribution is 6.15. The van der Waals surface area contributed by atoms with Crippen LogP contribution in [0.2, 0.25) is 0 Å². The molecule has 3 aromatic rings. The number of carbonyl (C=O) groups excluding carboxylic acids is 2. The maximum absolute atomic E-state index is 12.7. The lowest BCUT2D eigenvalue weighted by molar-refractivity contribution is -0.384. The monoisotopic (exact) mass is 415 g/mol. The third kappa shape index (κ3) is 3.93. The van der Waals surface area contributed by atoms with Gasteiger partial charge in [0.05, 0.1) is 16.1 Å². The predicted octanol–water partition coefficient (Wildman–Crippen LogP) is 5.05. The van der Waals surface area contributed by atoms with Gasteiger partial charge in [-0.25, -0.2) is 4.79 Å². The van der Waals surface area contributed by atoms with Crippen molar-refractivity contribution >= 4 is 23.5 Å². The Bertz CT molecular complexity index is 1240. The summed E-state index contributed by atoms with van der Waals surface area (Å²) in [4.78, 5) is 35.4. The average Bonchev–Trinajstić information content (AvgIpc) is 3.07. The van der Waals surface area contributed by atoms with Crippen LogP contribution < -0.4 is 9.47 Å². The molecule has 0 amide bonds. The van der Waals surface area contributed by atoms with E-state index in [1.54, 1.807) is 31.2 Å². The van der Waals surface area contributed by atoms with Crippen molar-refractivity contribution in [2.24, 2.45) is 0 Å². The summed E-state index contributed by atoms with van der Waals surface area (Å²) in [5, 5.41) is 10.8. The van der Waals surface area contributed by atoms with Crippen LogP contribution in [-0.4, -0.2) is 16.7 Å². The van der Waals surface area contributed by atoms with Crippen LogP contribution in [0.4, 0.5) is 5.69 Å². The van der Waals surface area contributed by atoms with Gasteiger partial charge in [0.25, 0.3) is 5.69 Å². The first-order valence-corrected chi connectivity index (χ1v) is 9.44. The number of Topliss-reactive ketones (excluding diaryl/α,β-unsaturated/α-hetero) is 1. The van der Waals surface area contributed by atoms with E-state index in [0.29, 0.717) is 33.8 Å². The number of hydrogen-bond donors (Lipinski definition) is 0. The molecule has 7 heteroatoms. The van der Waals surface area contributed by atoms with Crippen LogP contribution in [0.25, 0.3) is 6.08 Å². The van der Waals surface area contributed by atoms with E-state index < -0.39 is 10.9 Å². The molecule has 0 atom stereocenters. The molecule has 1 aliphatic rings. The highest BCUT2D eigenvalue weighted by atomic mass is 16.6. The second kappa shape index (κ2) is 7.87. The number of ketones is 1. The molecule has 0 saturated heterocycles. The Labute approximate surface area is 177 Å². The van der Waals surface area contributed by atoms with Gasteiger partial charge >= 0.3 is 5.97 Å². The molecule has 4 rings (SSSR count). The number of aryl methyl sites for hydroxylation is 1. The zero-order valence-electron chi connectivity index (χ0n) is 16.7. The Balaban J connectivity index is 1.58. The number of nitro groups is 1. The number of rotatable bonds is 4. The molecule has 0 aromatic heterocycles. The van der Waals surface area contributed by atoms with Crippen molar-refractivity contribution in [1.29, 1.82) is 0 Å². The lowest BCUT2D eigenvalue weighted by Gasteiger charge is -2.10. The SMILES string of the molecule is Cc1ccc(C(=O)Oc2ccc3c(c2C)O/C(=C\c2ccc([N+](=O)[O-])cc2)C3=O)cc1. The molecular formula is C24H17NO6. The molecule has 0 radical (unpaired) electrons. The Kier molecular flexibility index (Phi) is 5.09. The van der Waals surface area contributed by atoms with Crippen LogP contribution in [0.15, 0.2) is 66.4 Å². The van der Waals surface area contributed by atoms with Gasteiger partial charge in [-0.15, -0.1) is 0 Å². The first kappa shape index (κ1) is 20.0. The normalized spacial score (nSPS) is 13.6. The number of allylic oxidation sites excluding steroid dienone is 1. The van der Waals surface area contributed by atoms with Crippen LogP contribution in [0.1, 0.15) is 37.4 Å². The zero-order chi connectivity index (χ0) is 22.1. The van der Waals surface area contributed by atoms with Gasteiger partial charge in [0.1, 0.15) is 11.5 Å². The molecule has 0 fully saturated rings. The molecule has 31 heavy (non-hydrogen) atoms. The Morgan fingerprint density at radius 3 is 2.32 bits per heavy atom. The first-order valence-electron chi connectivity index (χ1n) is 9.44. The van der Waals surface area contributed by atoms with Crippen LogP contribution >= 0.6 is 0 Å². The molecule has 0 saturated carbocycles. The smallest absolute Gasteiger partial charge is 0.343 e. The summed E-state index contributed by atoms with van der Waals surface area (Å²) < 4.78 is 11.3. The fraction of sp³-hybridized carbons (Fsp3) is 0.0833. The molecule has 0 spiro atoms. The number of fused-ring (bicyclic) bond motifs is 1. The van der Waals surface area contributed by atoms with Gasteiger partial charge in [-0.3, -0.25) is 14.9 Å². The van der Waals surface area contributed by atoms with Crippen molar-refractivity contribution in [3.05, 3.63) is 104 Å². The van der Waals surface area contributed by atoms with Gasteiger partial charge in [0.2, 0.25) is 5.78 Å². The number of nitrogens with zero attached hydrogens (tertiary/aromatic N) is 1. The second-order valence-electron chi connectivity index (χ2n) is 7.11.